The van der Waals surface area contributed by atoms with Crippen LogP contribution in [0.3, 0.4) is 0 Å². The minimum Gasteiger partial charge on any atom is -0.383 e. The third-order valence-corrected chi connectivity index (χ3v) is 2.45. The number of benzene rings is 1. The van der Waals surface area contributed by atoms with E-state index in [4.69, 9.17) is 11.5 Å². The first-order chi connectivity index (χ1) is 7.70. The van der Waals surface area contributed by atoms with Crippen LogP contribution in [0.5, 0.6) is 0 Å². The highest BCUT2D eigenvalue weighted by atomic mass is 19.1. The number of nitrogens with two attached hydrogens (primary N) is 2. The Morgan fingerprint density at radius 2 is 1.75 bits per heavy atom. The van der Waals surface area contributed by atoms with Crippen LogP contribution in [0.2, 0.25) is 0 Å². The van der Waals surface area contributed by atoms with E-state index >= 15 is 0 Å². The highest BCUT2D eigenvalue weighted by Gasteiger charge is 2.15. The van der Waals surface area contributed by atoms with Crippen molar-refractivity contribution in [2.75, 3.05) is 5.73 Å². The Morgan fingerprint density at radius 3 is 2.44 bits per heavy atom. The Kier molecular flexibility index (Phi) is 2.83. The molecule has 1 atom stereocenters. The molecule has 2 aromatic rings. The third-order valence-electron chi connectivity index (χ3n) is 2.45. The molecule has 82 valence electrons. The number of aromatic nitrogens is 1. The molecule has 3 nitrogen and oxygen atoms in total. The second-order valence-corrected chi connectivity index (χ2v) is 3.48. The summed E-state index contributed by atoms with van der Waals surface area (Å²) in [5, 5.41) is 0. The van der Waals surface area contributed by atoms with Gasteiger partial charge in [-0.1, -0.05) is 24.3 Å². The largest absolute Gasteiger partial charge is 0.383 e. The van der Waals surface area contributed by atoms with E-state index in [0.29, 0.717) is 16.9 Å². The van der Waals surface area contributed by atoms with Crippen molar-refractivity contribution in [2.24, 2.45) is 5.73 Å². The van der Waals surface area contributed by atoms with Gasteiger partial charge in [-0.2, -0.15) is 0 Å². The summed E-state index contributed by atoms with van der Waals surface area (Å²) in [6, 6.07) is 9.28. The Hall–Kier alpha value is -1.94. The Labute approximate surface area is 92.9 Å². The molecule has 1 heterocycles. The van der Waals surface area contributed by atoms with Crippen LogP contribution < -0.4 is 11.5 Å². The van der Waals surface area contributed by atoms with Crippen LogP contribution in [0.4, 0.5) is 10.2 Å². The van der Waals surface area contributed by atoms with Gasteiger partial charge in [-0.15, -0.1) is 0 Å². The minimum atomic E-state index is -0.588. The lowest BCUT2D eigenvalue weighted by molar-refractivity contribution is 0.600. The molecular weight excluding hydrogens is 205 g/mol. The van der Waals surface area contributed by atoms with Gasteiger partial charge in [0, 0.05) is 17.3 Å². The van der Waals surface area contributed by atoms with E-state index in [0.717, 1.165) is 0 Å². The topological polar surface area (TPSA) is 64.9 Å². The molecule has 1 aromatic heterocycles. The molecule has 16 heavy (non-hydrogen) atoms. The molecule has 0 bridgehead atoms. The number of pyridine rings is 1. The maximum atomic E-state index is 13.5. The molecule has 1 aromatic carbocycles. The zero-order valence-corrected chi connectivity index (χ0v) is 8.60. The van der Waals surface area contributed by atoms with Crippen LogP contribution in [-0.4, -0.2) is 4.98 Å². The van der Waals surface area contributed by atoms with Crippen LogP contribution in [-0.2, 0) is 0 Å². The molecule has 0 amide bonds. The molecule has 0 aliphatic rings. The molecule has 0 fully saturated rings. The first-order valence-corrected chi connectivity index (χ1v) is 4.90. The molecule has 0 aliphatic heterocycles. The van der Waals surface area contributed by atoms with Crippen molar-refractivity contribution in [3.8, 4) is 0 Å². The summed E-state index contributed by atoms with van der Waals surface area (Å²) >= 11 is 0. The fourth-order valence-corrected chi connectivity index (χ4v) is 1.59. The molecule has 2 rings (SSSR count). The van der Waals surface area contributed by atoms with Crippen LogP contribution in [0, 0.1) is 5.82 Å². The van der Waals surface area contributed by atoms with Gasteiger partial charge in [-0.05, 0) is 12.1 Å². The molecule has 0 saturated heterocycles. The van der Waals surface area contributed by atoms with Crippen molar-refractivity contribution in [3.63, 3.8) is 0 Å². The summed E-state index contributed by atoms with van der Waals surface area (Å²) in [6.45, 7) is 0. The predicted molar refractivity (Wildman–Crippen MR) is 61.1 cm³/mol. The van der Waals surface area contributed by atoms with E-state index in [2.05, 4.69) is 4.98 Å². The summed E-state index contributed by atoms with van der Waals surface area (Å²) in [4.78, 5) is 3.93. The van der Waals surface area contributed by atoms with Crippen molar-refractivity contribution in [1.82, 2.24) is 4.98 Å². The van der Waals surface area contributed by atoms with Gasteiger partial charge in [0.05, 0.1) is 6.04 Å². The normalized spacial score (nSPS) is 12.4. The summed E-state index contributed by atoms with van der Waals surface area (Å²) in [5.41, 5.74) is 12.7. The standard InChI is InChI=1S/C12H12FN3/c13-10-6-2-1-4-8(10)11(14)9-5-3-7-16-12(9)15/h1-7,11H,14H2,(H2,15,16). The van der Waals surface area contributed by atoms with E-state index in [1.807, 2.05) is 0 Å². The summed E-state index contributed by atoms with van der Waals surface area (Å²) in [5.74, 6) is -0.00324. The quantitative estimate of drug-likeness (QED) is 0.806. The van der Waals surface area contributed by atoms with Crippen LogP contribution in [0.25, 0.3) is 0 Å². The van der Waals surface area contributed by atoms with Gasteiger partial charge in [-0.25, -0.2) is 9.37 Å². The van der Waals surface area contributed by atoms with Crippen molar-refractivity contribution < 1.29 is 4.39 Å². The van der Waals surface area contributed by atoms with Crippen molar-refractivity contribution in [1.29, 1.82) is 0 Å². The van der Waals surface area contributed by atoms with Gasteiger partial charge in [0.15, 0.2) is 0 Å². The van der Waals surface area contributed by atoms with Gasteiger partial charge in [0.1, 0.15) is 11.6 Å². The summed E-state index contributed by atoms with van der Waals surface area (Å²) in [7, 11) is 0. The zero-order valence-electron chi connectivity index (χ0n) is 8.60. The number of rotatable bonds is 2. The maximum Gasteiger partial charge on any atom is 0.128 e. The Morgan fingerprint density at radius 1 is 1.06 bits per heavy atom. The van der Waals surface area contributed by atoms with Crippen molar-refractivity contribution in [2.45, 2.75) is 6.04 Å². The fourth-order valence-electron chi connectivity index (χ4n) is 1.59. The summed E-state index contributed by atoms with van der Waals surface area (Å²) < 4.78 is 13.5. The highest BCUT2D eigenvalue weighted by molar-refractivity contribution is 5.45. The molecule has 4 N–H and O–H groups in total. The molecule has 4 heteroatoms. The van der Waals surface area contributed by atoms with Gasteiger partial charge in [-0.3, -0.25) is 0 Å². The molecule has 0 radical (unpaired) electrons. The molecule has 1 unspecified atom stereocenters. The average molecular weight is 217 g/mol. The molecule has 0 spiro atoms. The summed E-state index contributed by atoms with van der Waals surface area (Å²) in [6.07, 6.45) is 1.58. The van der Waals surface area contributed by atoms with Crippen LogP contribution in [0.1, 0.15) is 17.2 Å². The molecular formula is C12H12FN3. The molecule has 0 saturated carbocycles. The van der Waals surface area contributed by atoms with Crippen LogP contribution in [0.15, 0.2) is 42.6 Å². The number of hydrogen-bond donors (Lipinski definition) is 2. The minimum absolute atomic E-state index is 0.332. The second kappa shape index (κ2) is 4.28. The lowest BCUT2D eigenvalue weighted by Gasteiger charge is -2.14. The van der Waals surface area contributed by atoms with Crippen molar-refractivity contribution in [3.05, 3.63) is 59.5 Å². The fraction of sp³-hybridized carbons (Fsp3) is 0.0833. The highest BCUT2D eigenvalue weighted by Crippen LogP contribution is 2.24. The SMILES string of the molecule is Nc1ncccc1C(N)c1ccccc1F. The smallest absolute Gasteiger partial charge is 0.128 e. The van der Waals surface area contributed by atoms with Gasteiger partial charge in [0.2, 0.25) is 0 Å². The van der Waals surface area contributed by atoms with E-state index < -0.39 is 6.04 Å². The van der Waals surface area contributed by atoms with E-state index in [9.17, 15) is 4.39 Å². The monoisotopic (exact) mass is 217 g/mol. The van der Waals surface area contributed by atoms with Crippen LogP contribution >= 0.6 is 0 Å². The first kappa shape index (κ1) is 10.6. The van der Waals surface area contributed by atoms with E-state index in [-0.39, 0.29) is 5.82 Å². The second-order valence-electron chi connectivity index (χ2n) is 3.48. The third kappa shape index (κ3) is 1.87. The number of nitrogens with zero attached hydrogens (tertiary/aromatic N) is 1. The van der Waals surface area contributed by atoms with E-state index in [1.54, 1.807) is 36.5 Å². The van der Waals surface area contributed by atoms with Gasteiger partial charge < -0.3 is 11.5 Å². The maximum absolute atomic E-state index is 13.5. The molecule has 0 aliphatic carbocycles. The number of nitrogen functional groups attached to an aromatic ring is 1. The van der Waals surface area contributed by atoms with Gasteiger partial charge in [0.25, 0.3) is 0 Å². The predicted octanol–water partition coefficient (Wildman–Crippen LogP) is 1.85. The number of halogens is 1. The Balaban J connectivity index is 2.44. The van der Waals surface area contributed by atoms with Gasteiger partial charge >= 0.3 is 0 Å². The first-order valence-electron chi connectivity index (χ1n) is 4.90. The average Bonchev–Trinajstić information content (AvgIpc) is 2.29. The lowest BCUT2D eigenvalue weighted by Crippen LogP contribution is -2.15. The lowest BCUT2D eigenvalue weighted by atomic mass is 10.00. The number of anilines is 1. The number of hydrogen-bond acceptors (Lipinski definition) is 3. The van der Waals surface area contributed by atoms with Crippen molar-refractivity contribution >= 4 is 5.82 Å². The van der Waals surface area contributed by atoms with E-state index in [1.165, 1.54) is 6.07 Å². The Bertz CT molecular complexity index is 454. The zero-order chi connectivity index (χ0) is 11.5.